The quantitative estimate of drug-likeness (QED) is 0.500. The van der Waals surface area contributed by atoms with Crippen molar-refractivity contribution in [1.29, 1.82) is 0 Å². The van der Waals surface area contributed by atoms with E-state index in [1.165, 1.54) is 11.3 Å². The number of hydrogen-bond donors (Lipinski definition) is 2. The van der Waals surface area contributed by atoms with E-state index in [9.17, 15) is 4.79 Å². The van der Waals surface area contributed by atoms with Crippen molar-refractivity contribution < 1.29 is 19.0 Å². The highest BCUT2D eigenvalue weighted by Crippen LogP contribution is 2.45. The van der Waals surface area contributed by atoms with Gasteiger partial charge in [-0.2, -0.15) is 0 Å². The predicted octanol–water partition coefficient (Wildman–Crippen LogP) is 4.76. The summed E-state index contributed by atoms with van der Waals surface area (Å²) in [7, 11) is 3.30. The number of fused-ring (bicyclic) bond motifs is 1. The molecule has 3 aromatic rings. The molecule has 0 saturated heterocycles. The number of carbonyl (C=O) groups is 1. The second-order valence-corrected chi connectivity index (χ2v) is 9.36. The van der Waals surface area contributed by atoms with Gasteiger partial charge in [0.2, 0.25) is 0 Å². The molecule has 1 fully saturated rings. The van der Waals surface area contributed by atoms with Crippen molar-refractivity contribution in [2.75, 3.05) is 20.8 Å². The van der Waals surface area contributed by atoms with Gasteiger partial charge in [-0.1, -0.05) is 13.8 Å². The molecule has 1 aromatic heterocycles. The molecule has 1 amide bonds. The van der Waals surface area contributed by atoms with E-state index in [1.807, 2.05) is 18.2 Å². The Balaban J connectivity index is 1.96. The van der Waals surface area contributed by atoms with Gasteiger partial charge in [-0.05, 0) is 73.6 Å². The molecular weight excluding hydrogens is 430 g/mol. The van der Waals surface area contributed by atoms with Gasteiger partial charge >= 0.3 is 0 Å². The number of nitrogens with two attached hydrogens (primary N) is 2. The normalized spacial score (nSPS) is 18.3. The van der Waals surface area contributed by atoms with Gasteiger partial charge in [-0.15, -0.1) is 0 Å². The number of methoxy groups -OCH3 is 2. The average molecular weight is 466 g/mol. The first-order chi connectivity index (χ1) is 16.3. The lowest BCUT2D eigenvalue weighted by molar-refractivity contribution is -0.119. The van der Waals surface area contributed by atoms with Crippen molar-refractivity contribution in [2.24, 2.45) is 11.5 Å². The Hall–Kier alpha value is -3.19. The summed E-state index contributed by atoms with van der Waals surface area (Å²) < 4.78 is 19.3. The number of benzene rings is 2. The molecule has 34 heavy (non-hydrogen) atoms. The summed E-state index contributed by atoms with van der Waals surface area (Å²) in [4.78, 5) is 11.3. The Morgan fingerprint density at radius 3 is 2.35 bits per heavy atom. The van der Waals surface area contributed by atoms with Crippen LogP contribution in [0.15, 0.2) is 36.4 Å². The molecule has 1 aliphatic carbocycles. The van der Waals surface area contributed by atoms with E-state index in [1.54, 1.807) is 14.2 Å². The number of carbonyl (C=O) groups excluding carboxylic acids is 1. The Morgan fingerprint density at radius 1 is 1.03 bits per heavy atom. The van der Waals surface area contributed by atoms with Gasteiger partial charge < -0.3 is 30.2 Å². The fourth-order valence-corrected chi connectivity index (χ4v) is 5.16. The summed E-state index contributed by atoms with van der Waals surface area (Å²) in [6.45, 7) is 4.26. The summed E-state index contributed by atoms with van der Waals surface area (Å²) in [6.07, 6.45) is 4.07. The van der Waals surface area contributed by atoms with Crippen LogP contribution in [0.2, 0.25) is 0 Å². The lowest BCUT2D eigenvalue weighted by Crippen LogP contribution is -2.28. The van der Waals surface area contributed by atoms with Crippen LogP contribution >= 0.6 is 0 Å². The maximum Gasteiger partial charge on any atom is 0.255 e. The lowest BCUT2D eigenvalue weighted by Gasteiger charge is -2.30. The van der Waals surface area contributed by atoms with Gasteiger partial charge in [0.05, 0.1) is 19.9 Å². The third kappa shape index (κ3) is 4.57. The molecule has 2 aromatic carbocycles. The highest BCUT2D eigenvalue weighted by molar-refractivity contribution is 5.94. The van der Waals surface area contributed by atoms with Crippen LogP contribution in [0.4, 0.5) is 0 Å². The van der Waals surface area contributed by atoms with Gasteiger partial charge in [-0.25, -0.2) is 0 Å². The molecule has 0 aliphatic heterocycles. The number of aromatic nitrogens is 1. The Bertz CT molecular complexity index is 1180. The molecule has 0 unspecified atom stereocenters. The minimum Gasteiger partial charge on any atom is -0.493 e. The first-order valence-electron chi connectivity index (χ1n) is 11.9. The van der Waals surface area contributed by atoms with Crippen molar-refractivity contribution in [3.8, 4) is 28.5 Å². The topological polar surface area (TPSA) is 102 Å². The van der Waals surface area contributed by atoms with Crippen LogP contribution in [0.5, 0.6) is 17.2 Å². The van der Waals surface area contributed by atoms with Gasteiger partial charge in [-0.3, -0.25) is 4.79 Å². The van der Waals surface area contributed by atoms with E-state index in [0.717, 1.165) is 42.1 Å². The van der Waals surface area contributed by atoms with E-state index >= 15 is 0 Å². The summed E-state index contributed by atoms with van der Waals surface area (Å²) in [5.41, 5.74) is 16.2. The zero-order chi connectivity index (χ0) is 24.4. The molecule has 4 N–H and O–H groups in total. The zero-order valence-corrected chi connectivity index (χ0v) is 20.5. The van der Waals surface area contributed by atoms with Crippen LogP contribution in [0.3, 0.4) is 0 Å². The molecule has 0 bridgehead atoms. The molecule has 4 rings (SSSR count). The van der Waals surface area contributed by atoms with Gasteiger partial charge in [0, 0.05) is 28.6 Å². The maximum absolute atomic E-state index is 11.3. The van der Waals surface area contributed by atoms with Gasteiger partial charge in [0.25, 0.3) is 5.91 Å². The number of rotatable bonds is 8. The first kappa shape index (κ1) is 24.0. The molecular formula is C27H35N3O4. The molecule has 0 radical (unpaired) electrons. The molecule has 0 atom stereocenters. The van der Waals surface area contributed by atoms with Crippen LogP contribution in [0, 0.1) is 0 Å². The predicted molar refractivity (Wildman–Crippen MR) is 135 cm³/mol. The molecule has 1 heterocycles. The number of amides is 1. The van der Waals surface area contributed by atoms with Crippen molar-refractivity contribution >= 4 is 16.8 Å². The monoisotopic (exact) mass is 465 g/mol. The highest BCUT2D eigenvalue weighted by Gasteiger charge is 2.28. The van der Waals surface area contributed by atoms with Crippen LogP contribution < -0.4 is 25.7 Å². The largest absolute Gasteiger partial charge is 0.493 e. The third-order valence-corrected chi connectivity index (χ3v) is 6.74. The van der Waals surface area contributed by atoms with E-state index < -0.39 is 5.91 Å². The molecule has 182 valence electrons. The first-order valence-corrected chi connectivity index (χ1v) is 11.9. The summed E-state index contributed by atoms with van der Waals surface area (Å²) in [5.74, 6) is 1.79. The van der Waals surface area contributed by atoms with Crippen LogP contribution in [-0.4, -0.2) is 37.3 Å². The molecule has 7 heteroatoms. The molecule has 0 spiro atoms. The Kier molecular flexibility index (Phi) is 7.03. The molecule has 1 aliphatic rings. The van der Waals surface area contributed by atoms with Crippen molar-refractivity contribution in [1.82, 2.24) is 4.57 Å². The number of primary amides is 1. The Labute approximate surface area is 201 Å². The maximum atomic E-state index is 11.3. The standard InChI is InChI=1S/C27H35N3O4/c1-16(2)26-21-14-20(34-15-25(29)31)10-11-22(21)30(19-8-6-18(28)7-9-19)27(26)17-5-12-23(32-3)24(13-17)33-4/h5,10-14,16,18-19H,6-9,15,28H2,1-4H3,(H2,29,31). The van der Waals surface area contributed by atoms with E-state index in [0.29, 0.717) is 23.3 Å². The lowest BCUT2D eigenvalue weighted by atomic mass is 9.90. The van der Waals surface area contributed by atoms with E-state index in [2.05, 4.69) is 36.6 Å². The number of ether oxygens (including phenoxy) is 3. The van der Waals surface area contributed by atoms with Crippen molar-refractivity contribution in [2.45, 2.75) is 57.5 Å². The average Bonchev–Trinajstić information content (AvgIpc) is 3.17. The van der Waals surface area contributed by atoms with Gasteiger partial charge in [0.1, 0.15) is 5.75 Å². The summed E-state index contributed by atoms with van der Waals surface area (Å²) in [6, 6.07) is 12.7. The summed E-state index contributed by atoms with van der Waals surface area (Å²) in [5, 5.41) is 1.12. The minimum absolute atomic E-state index is 0.147. The minimum atomic E-state index is -0.494. The van der Waals surface area contributed by atoms with Crippen LogP contribution in [0.25, 0.3) is 22.2 Å². The summed E-state index contributed by atoms with van der Waals surface area (Å²) >= 11 is 0. The van der Waals surface area contributed by atoms with E-state index in [4.69, 9.17) is 25.7 Å². The van der Waals surface area contributed by atoms with Crippen molar-refractivity contribution in [3.05, 3.63) is 42.0 Å². The fraction of sp³-hybridized carbons (Fsp3) is 0.444. The van der Waals surface area contributed by atoms with Gasteiger partial charge in [0.15, 0.2) is 18.1 Å². The smallest absolute Gasteiger partial charge is 0.255 e. The highest BCUT2D eigenvalue weighted by atomic mass is 16.5. The van der Waals surface area contributed by atoms with Crippen molar-refractivity contribution in [3.63, 3.8) is 0 Å². The van der Waals surface area contributed by atoms with Crippen LogP contribution in [0.1, 0.15) is 57.1 Å². The fourth-order valence-electron chi connectivity index (χ4n) is 5.16. The number of nitrogens with zero attached hydrogens (tertiary/aromatic N) is 1. The zero-order valence-electron chi connectivity index (χ0n) is 20.5. The molecule has 1 saturated carbocycles. The van der Waals surface area contributed by atoms with Crippen LogP contribution in [-0.2, 0) is 4.79 Å². The molecule has 7 nitrogen and oxygen atoms in total. The second-order valence-electron chi connectivity index (χ2n) is 9.36. The van der Waals surface area contributed by atoms with E-state index in [-0.39, 0.29) is 18.6 Å². The third-order valence-electron chi connectivity index (χ3n) is 6.74. The Morgan fingerprint density at radius 2 is 1.74 bits per heavy atom. The number of hydrogen-bond acceptors (Lipinski definition) is 5. The SMILES string of the molecule is COc1ccc(-c2c(C(C)C)c3cc(OCC(N)=O)ccc3n2C2CCC(N)CC2)cc1OC. The second kappa shape index (κ2) is 9.97.